The van der Waals surface area contributed by atoms with Crippen LogP contribution in [0.2, 0.25) is 5.02 Å². The van der Waals surface area contributed by atoms with Crippen LogP contribution in [-0.2, 0) is 19.1 Å². The van der Waals surface area contributed by atoms with Gasteiger partial charge in [-0.25, -0.2) is 4.98 Å². The third kappa shape index (κ3) is 4.39. The summed E-state index contributed by atoms with van der Waals surface area (Å²) >= 11 is 5.87. The fraction of sp³-hybridized carbons (Fsp3) is 0.105. The van der Waals surface area contributed by atoms with Crippen LogP contribution in [0.15, 0.2) is 41.2 Å². The lowest BCUT2D eigenvalue weighted by Gasteiger charge is -2.13. The number of halogens is 1. The maximum absolute atomic E-state index is 12.8. The van der Waals surface area contributed by atoms with Crippen LogP contribution in [0, 0.1) is 10.1 Å². The molecule has 0 aliphatic heterocycles. The second-order valence-corrected chi connectivity index (χ2v) is 6.86. The Morgan fingerprint density at radius 2 is 1.97 bits per heavy atom. The van der Waals surface area contributed by atoms with E-state index in [-0.39, 0.29) is 22.4 Å². The van der Waals surface area contributed by atoms with Crippen LogP contribution < -0.4 is 16.6 Å². The number of carbonyl (C=O) groups is 3. The van der Waals surface area contributed by atoms with E-state index in [2.05, 4.69) is 20.0 Å². The molecule has 32 heavy (non-hydrogen) atoms. The number of ether oxygens (including phenoxy) is 1. The van der Waals surface area contributed by atoms with E-state index in [9.17, 15) is 29.3 Å². The van der Waals surface area contributed by atoms with E-state index in [0.29, 0.717) is 5.02 Å². The zero-order valence-electron chi connectivity index (χ0n) is 16.2. The number of methoxy groups -OCH3 is 1. The summed E-state index contributed by atoms with van der Waals surface area (Å²) in [4.78, 5) is 67.0. The summed E-state index contributed by atoms with van der Waals surface area (Å²) in [5, 5.41) is 13.6. The number of aromatic nitrogens is 2. The van der Waals surface area contributed by atoms with Crippen molar-refractivity contribution < 1.29 is 24.0 Å². The summed E-state index contributed by atoms with van der Waals surface area (Å²) in [7, 11) is 0.959. The second-order valence-electron chi connectivity index (χ2n) is 6.42. The van der Waals surface area contributed by atoms with Crippen LogP contribution in [-0.4, -0.2) is 39.7 Å². The van der Waals surface area contributed by atoms with E-state index in [1.54, 1.807) is 0 Å². The molecular weight excluding hydrogens is 446 g/mol. The molecule has 13 heteroatoms. The first-order valence-corrected chi connectivity index (χ1v) is 9.16. The summed E-state index contributed by atoms with van der Waals surface area (Å²) in [6.45, 7) is 0. The Kier molecular flexibility index (Phi) is 6.16. The van der Waals surface area contributed by atoms with Crippen molar-refractivity contribution in [3.63, 3.8) is 0 Å². The molecule has 1 amide bonds. The third-order valence-corrected chi connectivity index (χ3v) is 4.58. The van der Waals surface area contributed by atoms with Crippen LogP contribution in [0.3, 0.4) is 0 Å². The Balaban J connectivity index is 2.02. The molecule has 1 atom stereocenters. The van der Waals surface area contributed by atoms with E-state index in [1.165, 1.54) is 24.3 Å². The van der Waals surface area contributed by atoms with Crippen LogP contribution in [0.5, 0.6) is 0 Å². The minimum absolute atomic E-state index is 0.0560. The van der Waals surface area contributed by atoms with Gasteiger partial charge in [0.05, 0.1) is 23.1 Å². The Morgan fingerprint density at radius 3 is 2.62 bits per heavy atom. The van der Waals surface area contributed by atoms with E-state index in [4.69, 9.17) is 17.3 Å². The van der Waals surface area contributed by atoms with Gasteiger partial charge in [-0.15, -0.1) is 0 Å². The lowest BCUT2D eigenvalue weighted by molar-refractivity contribution is -0.383. The zero-order chi connectivity index (χ0) is 23.6. The van der Waals surface area contributed by atoms with Gasteiger partial charge in [0.2, 0.25) is 5.78 Å². The molecule has 0 saturated heterocycles. The number of benzene rings is 2. The maximum atomic E-state index is 12.8. The molecule has 0 fully saturated rings. The van der Waals surface area contributed by atoms with Crippen LogP contribution in [0.1, 0.15) is 11.6 Å². The number of nitro groups is 1. The molecule has 1 heterocycles. The summed E-state index contributed by atoms with van der Waals surface area (Å²) in [6.07, 6.45) is 0. The predicted molar refractivity (Wildman–Crippen MR) is 113 cm³/mol. The van der Waals surface area contributed by atoms with Gasteiger partial charge in [0.25, 0.3) is 17.2 Å². The number of esters is 1. The molecule has 164 valence electrons. The quantitative estimate of drug-likeness (QED) is 0.122. The molecule has 0 aliphatic carbocycles. The minimum Gasteiger partial charge on any atom is -0.468 e. The number of anilines is 2. The number of nitrogens with zero attached hydrogens (tertiary/aromatic N) is 2. The number of Topliss-reactive ketones (excluding diaryl/α,β-unsaturated/α-hetero) is 1. The van der Waals surface area contributed by atoms with E-state index >= 15 is 0 Å². The molecule has 0 saturated carbocycles. The first-order chi connectivity index (χ1) is 15.1. The fourth-order valence-corrected chi connectivity index (χ4v) is 3.02. The third-order valence-electron chi connectivity index (χ3n) is 4.34. The number of hydrogen-bond acceptors (Lipinski definition) is 9. The molecule has 12 nitrogen and oxygen atoms in total. The fourth-order valence-electron chi connectivity index (χ4n) is 2.85. The molecule has 1 aromatic heterocycles. The van der Waals surface area contributed by atoms with Gasteiger partial charge in [0.1, 0.15) is 11.4 Å². The lowest BCUT2D eigenvalue weighted by Crippen LogP contribution is -2.37. The number of aromatic amines is 1. The number of nitrogens with two attached hydrogens (primary N) is 1. The van der Waals surface area contributed by atoms with Crippen molar-refractivity contribution in [2.45, 2.75) is 5.92 Å². The number of nitrogens with one attached hydrogen (secondary N) is 2. The van der Waals surface area contributed by atoms with Crippen molar-refractivity contribution in [2.24, 2.45) is 0 Å². The molecule has 1 unspecified atom stereocenters. The van der Waals surface area contributed by atoms with Gasteiger partial charge in [-0.05, 0) is 30.3 Å². The summed E-state index contributed by atoms with van der Waals surface area (Å²) in [5.74, 6) is -6.04. The second kappa shape index (κ2) is 8.81. The smallest absolute Gasteiger partial charge is 0.323 e. The van der Waals surface area contributed by atoms with Crippen molar-refractivity contribution in [1.82, 2.24) is 9.97 Å². The molecule has 3 aromatic rings. The number of ketones is 1. The summed E-state index contributed by atoms with van der Waals surface area (Å²) in [6, 6.07) is 7.70. The Morgan fingerprint density at radius 1 is 1.25 bits per heavy atom. The largest absolute Gasteiger partial charge is 0.468 e. The van der Waals surface area contributed by atoms with Crippen LogP contribution >= 0.6 is 11.6 Å². The number of carbonyl (C=O) groups excluding carboxylic acids is 3. The SMILES string of the molecule is COC(=O)C(C(=O)C(=O)Nc1ccc(N)cc1[N+](=O)[O-])c1nc2ccc(Cl)cc2[nH]c1=O. The number of fused-ring (bicyclic) bond motifs is 1. The number of rotatable bonds is 6. The zero-order valence-corrected chi connectivity index (χ0v) is 17.0. The Bertz CT molecular complexity index is 1340. The van der Waals surface area contributed by atoms with Gasteiger partial charge in [-0.3, -0.25) is 29.3 Å². The standard InChI is InChI=1S/C19H14ClN5O7/c1-32-19(29)14(15-17(27)24-12-6-8(20)2-4-10(12)22-15)16(26)18(28)23-11-5-3-9(21)7-13(11)25(30)31/h2-7,14H,21H2,1H3,(H,23,28)(H,24,27). The van der Waals surface area contributed by atoms with Gasteiger partial charge in [0, 0.05) is 16.8 Å². The van der Waals surface area contributed by atoms with Gasteiger partial charge < -0.3 is 20.8 Å². The van der Waals surface area contributed by atoms with Gasteiger partial charge >= 0.3 is 5.97 Å². The molecule has 4 N–H and O–H groups in total. The molecule has 2 aromatic carbocycles. The first kappa shape index (κ1) is 22.4. The average Bonchev–Trinajstić information content (AvgIpc) is 2.75. The highest BCUT2D eigenvalue weighted by Gasteiger charge is 2.38. The maximum Gasteiger partial charge on any atom is 0.323 e. The van der Waals surface area contributed by atoms with E-state index < -0.39 is 45.4 Å². The minimum atomic E-state index is -2.02. The number of hydrogen-bond donors (Lipinski definition) is 3. The highest BCUT2D eigenvalue weighted by Crippen LogP contribution is 2.27. The molecular formula is C19H14ClN5O7. The van der Waals surface area contributed by atoms with Gasteiger partial charge in [-0.2, -0.15) is 0 Å². The first-order valence-electron chi connectivity index (χ1n) is 8.78. The lowest BCUT2D eigenvalue weighted by atomic mass is 9.99. The van der Waals surface area contributed by atoms with E-state index in [1.807, 2.05) is 0 Å². The van der Waals surface area contributed by atoms with Crippen LogP contribution in [0.25, 0.3) is 11.0 Å². The topological polar surface area (TPSA) is 187 Å². The summed E-state index contributed by atoms with van der Waals surface area (Å²) in [5.41, 5.74) is 3.59. The number of nitro benzene ring substituents is 1. The predicted octanol–water partition coefficient (Wildman–Crippen LogP) is 1.53. The summed E-state index contributed by atoms with van der Waals surface area (Å²) < 4.78 is 4.57. The van der Waals surface area contributed by atoms with Crippen molar-refractivity contribution in [2.75, 3.05) is 18.2 Å². The van der Waals surface area contributed by atoms with Crippen molar-refractivity contribution in [3.8, 4) is 0 Å². The normalized spacial score (nSPS) is 11.6. The van der Waals surface area contributed by atoms with Crippen molar-refractivity contribution >= 4 is 57.4 Å². The number of nitrogen functional groups attached to an aromatic ring is 1. The molecule has 0 spiro atoms. The number of amides is 1. The van der Waals surface area contributed by atoms with Gasteiger partial charge in [-0.1, -0.05) is 11.6 Å². The highest BCUT2D eigenvalue weighted by molar-refractivity contribution is 6.45. The van der Waals surface area contributed by atoms with Gasteiger partial charge in [0.15, 0.2) is 5.92 Å². The molecule has 0 aliphatic rings. The molecule has 0 radical (unpaired) electrons. The number of H-pyrrole nitrogens is 1. The van der Waals surface area contributed by atoms with Crippen LogP contribution in [0.4, 0.5) is 17.1 Å². The van der Waals surface area contributed by atoms with E-state index in [0.717, 1.165) is 19.2 Å². The monoisotopic (exact) mass is 459 g/mol. The molecule has 0 bridgehead atoms. The van der Waals surface area contributed by atoms with Crippen molar-refractivity contribution in [1.29, 1.82) is 0 Å². The highest BCUT2D eigenvalue weighted by atomic mass is 35.5. The Labute approximate surface area is 183 Å². The van der Waals surface area contributed by atoms with Crippen molar-refractivity contribution in [3.05, 3.63) is 67.6 Å². The average molecular weight is 460 g/mol. The Hall–Kier alpha value is -4.32. The molecule has 3 rings (SSSR count).